The summed E-state index contributed by atoms with van der Waals surface area (Å²) in [5.74, 6) is -0.441. The van der Waals surface area contributed by atoms with Gasteiger partial charge in [-0.3, -0.25) is 0 Å². The number of rotatable bonds is 7. The Kier molecular flexibility index (Phi) is 7.53. The van der Waals surface area contributed by atoms with E-state index in [1.165, 1.54) is 43.3 Å². The van der Waals surface area contributed by atoms with Crippen LogP contribution in [-0.4, -0.2) is 50.9 Å². The summed E-state index contributed by atoms with van der Waals surface area (Å²) in [6.45, 7) is 2.35. The van der Waals surface area contributed by atoms with Gasteiger partial charge in [0.15, 0.2) is 5.82 Å². The fourth-order valence-electron chi connectivity index (χ4n) is 5.72. The van der Waals surface area contributed by atoms with Gasteiger partial charge in [0.2, 0.25) is 5.95 Å². The van der Waals surface area contributed by atoms with Crippen molar-refractivity contribution in [2.75, 3.05) is 30.8 Å². The van der Waals surface area contributed by atoms with E-state index in [9.17, 15) is 13.2 Å². The number of hydrogen-bond acceptors (Lipinski definition) is 7. The molecule has 8 nitrogen and oxygen atoms in total. The topological polar surface area (TPSA) is 80.1 Å². The summed E-state index contributed by atoms with van der Waals surface area (Å²) in [7, 11) is 1.58. The number of anilines is 4. The zero-order valence-electron chi connectivity index (χ0n) is 22.8. The van der Waals surface area contributed by atoms with Crippen molar-refractivity contribution in [3.63, 3.8) is 0 Å². The normalized spacial score (nSPS) is 17.6. The van der Waals surface area contributed by atoms with Crippen LogP contribution >= 0.6 is 0 Å². The third-order valence-corrected chi connectivity index (χ3v) is 7.79. The third kappa shape index (κ3) is 6.14. The number of fused-ring (bicyclic) bond motifs is 1. The van der Waals surface area contributed by atoms with Crippen LogP contribution in [0.25, 0.3) is 5.82 Å². The average molecular weight is 564 g/mol. The zero-order chi connectivity index (χ0) is 28.4. The third-order valence-electron chi connectivity index (χ3n) is 7.79. The fraction of sp³-hybridized carbons (Fsp3) is 0.367. The van der Waals surface area contributed by atoms with Gasteiger partial charge >= 0.3 is 6.18 Å². The molecule has 0 saturated carbocycles. The Morgan fingerprint density at radius 3 is 2.41 bits per heavy atom. The van der Waals surface area contributed by atoms with Crippen LogP contribution in [0.5, 0.6) is 5.75 Å². The Morgan fingerprint density at radius 2 is 1.63 bits per heavy atom. The van der Waals surface area contributed by atoms with Gasteiger partial charge in [0.1, 0.15) is 5.75 Å². The van der Waals surface area contributed by atoms with Crippen LogP contribution in [0.1, 0.15) is 42.6 Å². The first kappa shape index (κ1) is 27.1. The van der Waals surface area contributed by atoms with Crippen molar-refractivity contribution in [1.29, 1.82) is 0 Å². The SMILES string of the molecule is COc1cccc(Nc2ccnc(-n3nc(C(F)(F)F)nc3Nc3ccc4c(c3)CCC(N3CCCC3)CC4)c2)c1. The van der Waals surface area contributed by atoms with Crippen LogP contribution in [-0.2, 0) is 19.0 Å². The van der Waals surface area contributed by atoms with Crippen molar-refractivity contribution in [3.8, 4) is 11.6 Å². The summed E-state index contributed by atoms with van der Waals surface area (Å²) in [5, 5.41) is 10.1. The number of ether oxygens (including phenoxy) is 1. The van der Waals surface area contributed by atoms with Crippen molar-refractivity contribution in [2.24, 2.45) is 0 Å². The summed E-state index contributed by atoms with van der Waals surface area (Å²) in [6, 6.07) is 17.3. The number of nitrogens with one attached hydrogen (secondary N) is 2. The van der Waals surface area contributed by atoms with Gasteiger partial charge in [-0.1, -0.05) is 12.1 Å². The van der Waals surface area contributed by atoms with Gasteiger partial charge in [0.05, 0.1) is 7.11 Å². The highest BCUT2D eigenvalue weighted by Gasteiger charge is 2.37. The van der Waals surface area contributed by atoms with Crippen molar-refractivity contribution < 1.29 is 17.9 Å². The maximum Gasteiger partial charge on any atom is 0.453 e. The molecule has 3 heterocycles. The Bertz CT molecular complexity index is 1510. The molecule has 1 unspecified atom stereocenters. The smallest absolute Gasteiger partial charge is 0.453 e. The van der Waals surface area contributed by atoms with Crippen LogP contribution in [0.15, 0.2) is 60.8 Å². The Balaban J connectivity index is 1.26. The lowest BCUT2D eigenvalue weighted by Gasteiger charge is -2.25. The molecule has 6 rings (SSSR count). The summed E-state index contributed by atoms with van der Waals surface area (Å²) >= 11 is 0. The summed E-state index contributed by atoms with van der Waals surface area (Å²) in [5.41, 5.74) is 4.56. The first-order valence-corrected chi connectivity index (χ1v) is 13.9. The zero-order valence-corrected chi connectivity index (χ0v) is 22.8. The molecule has 2 N–H and O–H groups in total. The molecule has 2 aliphatic rings. The number of pyridine rings is 1. The number of aryl methyl sites for hydroxylation is 2. The second kappa shape index (κ2) is 11.4. The number of methoxy groups -OCH3 is 1. The largest absolute Gasteiger partial charge is 0.497 e. The maximum absolute atomic E-state index is 13.7. The lowest BCUT2D eigenvalue weighted by molar-refractivity contribution is -0.144. The minimum Gasteiger partial charge on any atom is -0.497 e. The highest BCUT2D eigenvalue weighted by molar-refractivity contribution is 5.63. The molecule has 1 aliphatic carbocycles. The van der Waals surface area contributed by atoms with E-state index in [4.69, 9.17) is 4.74 Å². The molecule has 1 atom stereocenters. The van der Waals surface area contributed by atoms with E-state index in [0.717, 1.165) is 36.1 Å². The number of hydrogen-bond donors (Lipinski definition) is 2. The minimum absolute atomic E-state index is 0.0631. The summed E-state index contributed by atoms with van der Waals surface area (Å²) < 4.78 is 47.4. The summed E-state index contributed by atoms with van der Waals surface area (Å²) in [6.07, 6.45) is 3.50. The quantitative estimate of drug-likeness (QED) is 0.248. The molecule has 214 valence electrons. The number of halogens is 3. The van der Waals surface area contributed by atoms with Gasteiger partial charge in [0.25, 0.3) is 5.82 Å². The molecule has 4 aromatic rings. The first-order chi connectivity index (χ1) is 19.9. The second-order valence-electron chi connectivity index (χ2n) is 10.5. The molecule has 0 spiro atoms. The second-order valence-corrected chi connectivity index (χ2v) is 10.5. The van der Waals surface area contributed by atoms with Crippen LogP contribution in [0.2, 0.25) is 0 Å². The molecule has 1 aliphatic heterocycles. The lowest BCUT2D eigenvalue weighted by atomic mass is 10.0. The fourth-order valence-corrected chi connectivity index (χ4v) is 5.72. The van der Waals surface area contributed by atoms with Crippen molar-refractivity contribution in [2.45, 2.75) is 50.7 Å². The highest BCUT2D eigenvalue weighted by atomic mass is 19.4. The molecule has 2 aromatic heterocycles. The lowest BCUT2D eigenvalue weighted by Crippen LogP contribution is -2.32. The van der Waals surface area contributed by atoms with E-state index in [2.05, 4.69) is 36.7 Å². The van der Waals surface area contributed by atoms with E-state index in [0.29, 0.717) is 23.2 Å². The predicted octanol–water partition coefficient (Wildman–Crippen LogP) is 6.52. The molecule has 41 heavy (non-hydrogen) atoms. The van der Waals surface area contributed by atoms with Crippen LogP contribution < -0.4 is 15.4 Å². The van der Waals surface area contributed by atoms with Crippen molar-refractivity contribution in [1.82, 2.24) is 24.6 Å². The van der Waals surface area contributed by atoms with Crippen LogP contribution in [0.4, 0.5) is 36.2 Å². The van der Waals surface area contributed by atoms with Gasteiger partial charge in [-0.25, -0.2) is 4.98 Å². The number of alkyl halides is 3. The van der Waals surface area contributed by atoms with E-state index >= 15 is 0 Å². The Labute approximate surface area is 236 Å². The molecule has 1 saturated heterocycles. The number of likely N-dealkylation sites (tertiary alicyclic amines) is 1. The predicted molar refractivity (Wildman–Crippen MR) is 151 cm³/mol. The van der Waals surface area contributed by atoms with Gasteiger partial charge < -0.3 is 20.3 Å². The van der Waals surface area contributed by atoms with Crippen LogP contribution in [0, 0.1) is 0 Å². The highest BCUT2D eigenvalue weighted by Crippen LogP contribution is 2.32. The first-order valence-electron chi connectivity index (χ1n) is 13.9. The number of benzene rings is 2. The van der Waals surface area contributed by atoms with Crippen LogP contribution in [0.3, 0.4) is 0 Å². The number of nitrogens with zero attached hydrogens (tertiary/aromatic N) is 5. The Morgan fingerprint density at radius 1 is 0.878 bits per heavy atom. The van der Waals surface area contributed by atoms with E-state index < -0.39 is 12.0 Å². The standard InChI is InChI=1S/C30H32F3N7O/c1-41-26-6-4-5-22(18-26)35-24-13-14-34-27(19-24)40-29(37-28(38-40)30(31,32)33)36-23-10-7-20-8-11-25(12-9-21(20)17-23)39-15-2-3-16-39/h4-7,10,13-14,17-19,25H,2-3,8-9,11-12,15-16H2,1H3,(H,34,35)(H,36,37,38). The maximum atomic E-state index is 13.7. The number of aromatic nitrogens is 4. The van der Waals surface area contributed by atoms with Gasteiger partial charge in [-0.2, -0.15) is 22.8 Å². The molecular weight excluding hydrogens is 531 g/mol. The average Bonchev–Trinajstić information content (AvgIpc) is 3.60. The molecule has 0 bridgehead atoms. The van der Waals surface area contributed by atoms with Crippen molar-refractivity contribution >= 4 is 23.0 Å². The van der Waals surface area contributed by atoms with Gasteiger partial charge in [-0.15, -0.1) is 5.10 Å². The Hall–Kier alpha value is -4.12. The molecule has 1 fully saturated rings. The van der Waals surface area contributed by atoms with Gasteiger partial charge in [-0.05, 0) is 93.1 Å². The summed E-state index contributed by atoms with van der Waals surface area (Å²) in [4.78, 5) is 10.7. The molecular formula is C30H32F3N7O. The van der Waals surface area contributed by atoms with Crippen molar-refractivity contribution in [3.05, 3.63) is 77.7 Å². The molecule has 2 aromatic carbocycles. The minimum atomic E-state index is -4.71. The molecule has 0 amide bonds. The molecule has 11 heteroatoms. The van der Waals surface area contributed by atoms with E-state index in [1.54, 1.807) is 19.2 Å². The van der Waals surface area contributed by atoms with Gasteiger partial charge in [0, 0.05) is 41.4 Å². The monoisotopic (exact) mass is 563 g/mol. The van der Waals surface area contributed by atoms with E-state index in [-0.39, 0.29) is 11.8 Å². The van der Waals surface area contributed by atoms with E-state index in [1.807, 2.05) is 36.4 Å². The molecule has 0 radical (unpaired) electrons.